The van der Waals surface area contributed by atoms with Gasteiger partial charge in [0.15, 0.2) is 11.4 Å². The smallest absolute Gasteiger partial charge is 0.365 e. The molecule has 0 aliphatic carbocycles. The summed E-state index contributed by atoms with van der Waals surface area (Å²) < 4.78 is 7.33. The molecule has 208 valence electrons. The molecule has 0 spiro atoms. The van der Waals surface area contributed by atoms with Crippen molar-refractivity contribution in [3.8, 4) is 0 Å². The van der Waals surface area contributed by atoms with E-state index in [0.717, 1.165) is 46.8 Å². The minimum Gasteiger partial charge on any atom is -0.367 e. The summed E-state index contributed by atoms with van der Waals surface area (Å²) in [4.78, 5) is 44.5. The largest absolute Gasteiger partial charge is 0.367 e. The van der Waals surface area contributed by atoms with E-state index in [4.69, 9.17) is 9.57 Å². The second-order valence-corrected chi connectivity index (χ2v) is 10.4. The van der Waals surface area contributed by atoms with E-state index in [1.807, 2.05) is 68.4 Å². The number of hydrogen-bond acceptors (Lipinski definition) is 6. The highest BCUT2D eigenvalue weighted by Crippen LogP contribution is 2.32. The number of benzene rings is 3. The van der Waals surface area contributed by atoms with E-state index in [9.17, 15) is 14.4 Å². The van der Waals surface area contributed by atoms with Crippen LogP contribution < -0.4 is 0 Å². The van der Waals surface area contributed by atoms with Gasteiger partial charge in [-0.2, -0.15) is 0 Å². The van der Waals surface area contributed by atoms with Gasteiger partial charge in [-0.15, -0.1) is 0 Å². The molecule has 40 heavy (non-hydrogen) atoms. The van der Waals surface area contributed by atoms with Gasteiger partial charge in [0.1, 0.15) is 5.71 Å². The van der Waals surface area contributed by atoms with Crippen LogP contribution in [0.3, 0.4) is 0 Å². The lowest BCUT2D eigenvalue weighted by Crippen LogP contribution is -2.35. The monoisotopic (exact) mass is 540 g/mol. The van der Waals surface area contributed by atoms with Crippen molar-refractivity contribution >= 4 is 45.1 Å². The Labute approximate surface area is 234 Å². The number of rotatable bonds is 11. The average Bonchev–Trinajstić information content (AvgIpc) is 3.28. The van der Waals surface area contributed by atoms with Gasteiger partial charge in [-0.1, -0.05) is 42.8 Å². The molecule has 4 rings (SSSR count). The van der Waals surface area contributed by atoms with Gasteiger partial charge in [-0.05, 0) is 82.5 Å². The molecule has 0 bridgehead atoms. The third kappa shape index (κ3) is 5.61. The fourth-order valence-electron chi connectivity index (χ4n) is 4.71. The van der Waals surface area contributed by atoms with Crippen LogP contribution in [0.15, 0.2) is 65.8 Å². The summed E-state index contributed by atoms with van der Waals surface area (Å²) in [7, 11) is 1.41. The van der Waals surface area contributed by atoms with Crippen LogP contribution in [0.2, 0.25) is 0 Å². The minimum atomic E-state index is -1.18. The lowest BCUT2D eigenvalue weighted by Gasteiger charge is -2.18. The highest BCUT2D eigenvalue weighted by Gasteiger charge is 2.30. The van der Waals surface area contributed by atoms with E-state index in [-0.39, 0.29) is 17.3 Å². The quantitative estimate of drug-likeness (QED) is 0.0880. The van der Waals surface area contributed by atoms with Gasteiger partial charge < -0.3 is 14.1 Å². The Bertz CT molecular complexity index is 1630. The van der Waals surface area contributed by atoms with Gasteiger partial charge in [0, 0.05) is 52.2 Å². The molecule has 7 nitrogen and oxygen atoms in total. The molecule has 7 heteroatoms. The summed E-state index contributed by atoms with van der Waals surface area (Å²) in [5, 5.41) is 5.75. The van der Waals surface area contributed by atoms with Crippen molar-refractivity contribution in [2.24, 2.45) is 5.16 Å². The summed E-state index contributed by atoms with van der Waals surface area (Å²) in [6.07, 6.45) is 1.95. The number of ketones is 2. The Morgan fingerprint density at radius 3 is 2.12 bits per heavy atom. The van der Waals surface area contributed by atoms with Crippen molar-refractivity contribution in [2.45, 2.75) is 66.0 Å². The van der Waals surface area contributed by atoms with Crippen LogP contribution in [0.1, 0.15) is 78.8 Å². The minimum absolute atomic E-state index is 0.0422. The first-order chi connectivity index (χ1) is 19.1. The predicted molar refractivity (Wildman–Crippen MR) is 158 cm³/mol. The fraction of sp³-hybridized carbons (Fsp3) is 0.333. The Kier molecular flexibility index (Phi) is 8.64. The van der Waals surface area contributed by atoms with Crippen LogP contribution >= 0.6 is 0 Å². The van der Waals surface area contributed by atoms with E-state index in [0.29, 0.717) is 23.1 Å². The van der Waals surface area contributed by atoms with Gasteiger partial charge in [-0.3, -0.25) is 9.59 Å². The maximum Gasteiger partial charge on any atom is 0.365 e. The van der Waals surface area contributed by atoms with E-state index in [1.165, 1.54) is 7.11 Å². The third-order valence-electron chi connectivity index (χ3n) is 7.37. The van der Waals surface area contributed by atoms with Crippen LogP contribution in [0.4, 0.5) is 0 Å². The van der Waals surface area contributed by atoms with Crippen molar-refractivity contribution < 1.29 is 24.0 Å². The number of hydrogen-bond donors (Lipinski definition) is 0. The van der Waals surface area contributed by atoms with Crippen molar-refractivity contribution in [3.05, 3.63) is 82.9 Å². The van der Waals surface area contributed by atoms with E-state index >= 15 is 0 Å². The van der Waals surface area contributed by atoms with E-state index < -0.39 is 11.6 Å². The second kappa shape index (κ2) is 12.0. The molecule has 1 heterocycles. The summed E-state index contributed by atoms with van der Waals surface area (Å²) in [6, 6.07) is 18.8. The molecule has 0 saturated carbocycles. The molecule has 0 atom stereocenters. The molecule has 0 fully saturated rings. The number of unbranched alkanes of at least 4 members (excludes halogenated alkanes) is 1. The third-order valence-corrected chi connectivity index (χ3v) is 7.37. The molecule has 0 N–H and O–H groups in total. The molecule has 0 aliphatic heterocycles. The molecule has 0 aliphatic rings. The molecule has 4 aromatic rings. The second-order valence-electron chi connectivity index (χ2n) is 10.4. The molecule has 0 radical (unpaired) electrons. The standard InChI is InChI=1S/C33H36N2O5/c1-7-9-14-27(34-40-32(38)33(4,5)39-6)31(37)23-16-18-29-26(20-23)25-19-22(15-17-28(25)35(29)8-2)30(36)24-13-11-10-12-21(24)3/h10-13,15-20H,7-9,14H2,1-6H3/b34-27+. The van der Waals surface area contributed by atoms with Crippen molar-refractivity contribution in [1.29, 1.82) is 0 Å². The van der Waals surface area contributed by atoms with Gasteiger partial charge in [0.05, 0.1) is 0 Å². The Balaban J connectivity index is 1.78. The Morgan fingerprint density at radius 1 is 0.900 bits per heavy atom. The molecule has 0 saturated heterocycles. The number of methoxy groups -OCH3 is 1. The van der Waals surface area contributed by atoms with Crippen molar-refractivity contribution in [1.82, 2.24) is 4.57 Å². The normalized spacial score (nSPS) is 12.2. The molecule has 1 aromatic heterocycles. The van der Waals surface area contributed by atoms with Crippen LogP contribution in [0, 0.1) is 6.92 Å². The molecular weight excluding hydrogens is 504 g/mol. The van der Waals surface area contributed by atoms with Crippen LogP contribution in [0.5, 0.6) is 0 Å². The fourth-order valence-corrected chi connectivity index (χ4v) is 4.71. The number of fused-ring (bicyclic) bond motifs is 3. The van der Waals surface area contributed by atoms with E-state index in [1.54, 1.807) is 19.9 Å². The van der Waals surface area contributed by atoms with Crippen LogP contribution in [0.25, 0.3) is 21.8 Å². The summed E-state index contributed by atoms with van der Waals surface area (Å²) in [5.74, 6) is -1.02. The van der Waals surface area contributed by atoms with Gasteiger partial charge >= 0.3 is 5.97 Å². The average molecular weight is 541 g/mol. The lowest BCUT2D eigenvalue weighted by atomic mass is 9.97. The number of nitrogens with zero attached hydrogens (tertiary/aromatic N) is 2. The van der Waals surface area contributed by atoms with Crippen LogP contribution in [-0.2, 0) is 20.9 Å². The Morgan fingerprint density at radius 2 is 1.52 bits per heavy atom. The number of ether oxygens (including phenoxy) is 1. The number of carbonyl (C=O) groups is 3. The maximum absolute atomic E-state index is 13.6. The first-order valence-corrected chi connectivity index (χ1v) is 13.7. The van der Waals surface area contributed by atoms with Crippen molar-refractivity contribution in [2.75, 3.05) is 7.11 Å². The highest BCUT2D eigenvalue weighted by molar-refractivity contribution is 6.46. The predicted octanol–water partition coefficient (Wildman–Crippen LogP) is 7.05. The molecule has 0 unspecified atom stereocenters. The van der Waals surface area contributed by atoms with Gasteiger partial charge in [0.25, 0.3) is 0 Å². The first kappa shape index (κ1) is 28.9. The highest BCUT2D eigenvalue weighted by atomic mass is 16.7. The molecule has 0 amide bonds. The summed E-state index contributed by atoms with van der Waals surface area (Å²) in [5.41, 5.74) is 3.56. The topological polar surface area (TPSA) is 87.0 Å². The molecular formula is C33H36N2O5. The zero-order valence-electron chi connectivity index (χ0n) is 24.0. The maximum atomic E-state index is 13.6. The van der Waals surface area contributed by atoms with Gasteiger partial charge in [0.2, 0.25) is 5.78 Å². The lowest BCUT2D eigenvalue weighted by molar-refractivity contribution is -0.165. The SMILES string of the molecule is CCCC/C(=N\OC(=O)C(C)(C)OC)C(=O)c1ccc2c(c1)c1cc(C(=O)c3ccccc3C)ccc1n2CC. The Hall–Kier alpha value is -4.10. The zero-order chi connectivity index (χ0) is 29.0. The first-order valence-electron chi connectivity index (χ1n) is 13.7. The number of aryl methyl sites for hydroxylation is 2. The zero-order valence-corrected chi connectivity index (χ0v) is 24.0. The van der Waals surface area contributed by atoms with Crippen molar-refractivity contribution in [3.63, 3.8) is 0 Å². The number of Topliss-reactive ketones (excluding diaryl/α,β-unsaturated/α-hetero) is 1. The number of aromatic nitrogens is 1. The van der Waals surface area contributed by atoms with E-state index in [2.05, 4.69) is 16.6 Å². The summed E-state index contributed by atoms with van der Waals surface area (Å²) in [6.45, 7) is 9.89. The number of carbonyl (C=O) groups excluding carboxylic acids is 3. The van der Waals surface area contributed by atoms with Gasteiger partial charge in [-0.25, -0.2) is 4.79 Å². The number of oxime groups is 1. The molecule has 3 aromatic carbocycles. The summed E-state index contributed by atoms with van der Waals surface area (Å²) >= 11 is 0. The van der Waals surface area contributed by atoms with Crippen LogP contribution in [-0.4, -0.2) is 40.5 Å².